The first-order valence-corrected chi connectivity index (χ1v) is 6.88. The highest BCUT2D eigenvalue weighted by Crippen LogP contribution is 2.29. The van der Waals surface area contributed by atoms with E-state index in [-0.39, 0.29) is 36.4 Å². The first-order valence-electron chi connectivity index (χ1n) is 5.89. The first-order chi connectivity index (χ1) is 8.92. The van der Waals surface area contributed by atoms with Crippen molar-refractivity contribution in [1.29, 1.82) is 0 Å². The van der Waals surface area contributed by atoms with Gasteiger partial charge in [-0.2, -0.15) is 13.2 Å². The molecule has 1 aromatic heterocycles. The molecule has 0 aliphatic heterocycles. The van der Waals surface area contributed by atoms with E-state index in [9.17, 15) is 18.0 Å². The lowest BCUT2D eigenvalue weighted by Crippen LogP contribution is -2.27. The molecule has 1 heterocycles. The van der Waals surface area contributed by atoms with E-state index in [1.807, 2.05) is 11.5 Å². The van der Waals surface area contributed by atoms with Gasteiger partial charge in [-0.3, -0.25) is 4.79 Å². The molecular formula is C11H16F3N3OS. The molecular weight excluding hydrogens is 279 g/mol. The van der Waals surface area contributed by atoms with E-state index in [2.05, 4.69) is 10.3 Å². The largest absolute Gasteiger partial charge is 0.441 e. The average Bonchev–Trinajstić information content (AvgIpc) is 2.78. The van der Waals surface area contributed by atoms with Gasteiger partial charge in [0.2, 0.25) is 5.91 Å². The summed E-state index contributed by atoms with van der Waals surface area (Å²) in [5.41, 5.74) is -4.24. The Labute approximate surface area is 113 Å². The summed E-state index contributed by atoms with van der Waals surface area (Å²) in [5.74, 6) is 0.472. The number of nitrogens with one attached hydrogen (secondary N) is 1. The van der Waals surface area contributed by atoms with Crippen molar-refractivity contribution < 1.29 is 18.0 Å². The average molecular weight is 295 g/mol. The van der Waals surface area contributed by atoms with Gasteiger partial charge in [-0.1, -0.05) is 6.92 Å². The van der Waals surface area contributed by atoms with Crippen molar-refractivity contribution in [3.05, 3.63) is 18.2 Å². The van der Waals surface area contributed by atoms with E-state index >= 15 is 0 Å². The Bertz CT molecular complexity index is 406. The standard InChI is InChI=1S/C11H16F3N3OS/c1-2-9-15-4-7-17(9)6-3-10(18)16-5-8-19-11(12,13)14/h4,7H,2-3,5-6,8H2,1H3,(H,16,18). The zero-order chi connectivity index (χ0) is 14.3. The van der Waals surface area contributed by atoms with Crippen LogP contribution in [0.5, 0.6) is 0 Å². The summed E-state index contributed by atoms with van der Waals surface area (Å²) in [6.45, 7) is 2.47. The molecule has 0 aliphatic rings. The number of halogens is 3. The molecule has 1 N–H and O–H groups in total. The van der Waals surface area contributed by atoms with Gasteiger partial charge in [-0.15, -0.1) is 0 Å². The lowest BCUT2D eigenvalue weighted by molar-refractivity contribution is -0.121. The molecule has 0 atom stereocenters. The maximum atomic E-state index is 11.8. The number of carbonyl (C=O) groups excluding carboxylic acids is 1. The summed E-state index contributed by atoms with van der Waals surface area (Å²) in [6.07, 6.45) is 4.46. The number of hydrogen-bond acceptors (Lipinski definition) is 3. The summed E-state index contributed by atoms with van der Waals surface area (Å²) in [5, 5.41) is 2.46. The Kier molecular flexibility index (Phi) is 6.20. The van der Waals surface area contributed by atoms with Crippen LogP contribution in [0.25, 0.3) is 0 Å². The monoisotopic (exact) mass is 295 g/mol. The maximum absolute atomic E-state index is 11.8. The fraction of sp³-hybridized carbons (Fsp3) is 0.636. The van der Waals surface area contributed by atoms with Crippen LogP contribution in [0, 0.1) is 0 Å². The number of imidazole rings is 1. The third-order valence-electron chi connectivity index (χ3n) is 2.39. The Morgan fingerprint density at radius 1 is 1.53 bits per heavy atom. The highest BCUT2D eigenvalue weighted by Gasteiger charge is 2.27. The van der Waals surface area contributed by atoms with E-state index in [0.29, 0.717) is 6.54 Å². The Morgan fingerprint density at radius 3 is 2.89 bits per heavy atom. The van der Waals surface area contributed by atoms with Crippen molar-refractivity contribution in [2.45, 2.75) is 31.8 Å². The van der Waals surface area contributed by atoms with Crippen LogP contribution in [0.4, 0.5) is 13.2 Å². The molecule has 1 rings (SSSR count). The van der Waals surface area contributed by atoms with Gasteiger partial charge in [0.25, 0.3) is 0 Å². The predicted molar refractivity (Wildman–Crippen MR) is 67.7 cm³/mol. The number of amides is 1. The fourth-order valence-corrected chi connectivity index (χ4v) is 1.96. The van der Waals surface area contributed by atoms with E-state index in [1.165, 1.54) is 0 Å². The molecule has 0 fully saturated rings. The third-order valence-corrected chi connectivity index (χ3v) is 3.12. The number of carbonyl (C=O) groups is 1. The van der Waals surface area contributed by atoms with Crippen molar-refractivity contribution in [3.63, 3.8) is 0 Å². The summed E-state index contributed by atoms with van der Waals surface area (Å²) >= 11 is -0.132. The Morgan fingerprint density at radius 2 is 2.26 bits per heavy atom. The van der Waals surface area contributed by atoms with Gasteiger partial charge in [-0.25, -0.2) is 4.98 Å². The number of aryl methyl sites for hydroxylation is 2. The summed E-state index contributed by atoms with van der Waals surface area (Å²) in [6, 6.07) is 0. The Hall–Kier alpha value is -1.18. The molecule has 19 heavy (non-hydrogen) atoms. The molecule has 0 saturated carbocycles. The molecule has 0 aromatic carbocycles. The molecule has 0 bridgehead atoms. The summed E-state index contributed by atoms with van der Waals surface area (Å²) < 4.78 is 37.4. The zero-order valence-electron chi connectivity index (χ0n) is 10.5. The van der Waals surface area contributed by atoms with Gasteiger partial charge in [0.05, 0.1) is 0 Å². The summed E-state index contributed by atoms with van der Waals surface area (Å²) in [4.78, 5) is 15.5. The molecule has 1 aromatic rings. The molecule has 0 aliphatic carbocycles. The zero-order valence-corrected chi connectivity index (χ0v) is 11.4. The van der Waals surface area contributed by atoms with Gasteiger partial charge in [0.1, 0.15) is 5.82 Å². The Balaban J connectivity index is 2.18. The second-order valence-electron chi connectivity index (χ2n) is 3.78. The van der Waals surface area contributed by atoms with E-state index in [4.69, 9.17) is 0 Å². The third kappa shape index (κ3) is 6.51. The molecule has 0 saturated heterocycles. The highest BCUT2D eigenvalue weighted by atomic mass is 32.2. The lowest BCUT2D eigenvalue weighted by atomic mass is 10.3. The molecule has 0 spiro atoms. The van der Waals surface area contributed by atoms with Crippen LogP contribution < -0.4 is 5.32 Å². The smallest absolute Gasteiger partial charge is 0.355 e. The van der Waals surface area contributed by atoms with Crippen LogP contribution in [0.3, 0.4) is 0 Å². The van der Waals surface area contributed by atoms with Crippen molar-refractivity contribution >= 4 is 17.7 Å². The van der Waals surface area contributed by atoms with Crippen LogP contribution in [-0.4, -0.2) is 33.3 Å². The molecule has 108 valence electrons. The minimum absolute atomic E-state index is 0.0214. The van der Waals surface area contributed by atoms with Gasteiger partial charge in [-0.05, 0) is 11.8 Å². The SMILES string of the molecule is CCc1nccn1CCC(=O)NCCSC(F)(F)F. The number of hydrogen-bond donors (Lipinski definition) is 1. The topological polar surface area (TPSA) is 46.9 Å². The van der Waals surface area contributed by atoms with Crippen LogP contribution in [-0.2, 0) is 17.8 Å². The van der Waals surface area contributed by atoms with E-state index in [0.717, 1.165) is 12.2 Å². The summed E-state index contributed by atoms with van der Waals surface area (Å²) in [7, 11) is 0. The van der Waals surface area contributed by atoms with Crippen LogP contribution >= 0.6 is 11.8 Å². The van der Waals surface area contributed by atoms with Gasteiger partial charge >= 0.3 is 5.51 Å². The second kappa shape index (κ2) is 7.42. The number of alkyl halides is 3. The molecule has 4 nitrogen and oxygen atoms in total. The van der Waals surface area contributed by atoms with Crippen molar-refractivity contribution in [2.75, 3.05) is 12.3 Å². The second-order valence-corrected chi connectivity index (χ2v) is 4.94. The number of aromatic nitrogens is 2. The molecule has 1 amide bonds. The predicted octanol–water partition coefficient (Wildman–Crippen LogP) is 2.20. The highest BCUT2D eigenvalue weighted by molar-refractivity contribution is 8.00. The molecule has 0 radical (unpaired) electrons. The quantitative estimate of drug-likeness (QED) is 0.785. The number of nitrogens with zero attached hydrogens (tertiary/aromatic N) is 2. The van der Waals surface area contributed by atoms with Gasteiger partial charge in [0.15, 0.2) is 0 Å². The van der Waals surface area contributed by atoms with Crippen LogP contribution in [0.2, 0.25) is 0 Å². The number of rotatable bonds is 7. The minimum atomic E-state index is -4.24. The number of thioether (sulfide) groups is 1. The maximum Gasteiger partial charge on any atom is 0.441 e. The van der Waals surface area contributed by atoms with Crippen LogP contribution in [0.1, 0.15) is 19.2 Å². The first kappa shape index (κ1) is 15.9. The van der Waals surface area contributed by atoms with Crippen LogP contribution in [0.15, 0.2) is 12.4 Å². The molecule has 8 heteroatoms. The van der Waals surface area contributed by atoms with Gasteiger partial charge in [0, 0.05) is 44.1 Å². The lowest BCUT2D eigenvalue weighted by Gasteiger charge is -2.08. The van der Waals surface area contributed by atoms with E-state index in [1.54, 1.807) is 12.4 Å². The fourth-order valence-electron chi connectivity index (χ4n) is 1.53. The normalized spacial score (nSPS) is 11.6. The van der Waals surface area contributed by atoms with Gasteiger partial charge < -0.3 is 9.88 Å². The molecule has 0 unspecified atom stereocenters. The minimum Gasteiger partial charge on any atom is -0.355 e. The van der Waals surface area contributed by atoms with Crippen molar-refractivity contribution in [2.24, 2.45) is 0 Å². The van der Waals surface area contributed by atoms with E-state index < -0.39 is 5.51 Å². The van der Waals surface area contributed by atoms with Crippen molar-refractivity contribution in [1.82, 2.24) is 14.9 Å². The van der Waals surface area contributed by atoms with Crippen molar-refractivity contribution in [3.8, 4) is 0 Å².